The molecule has 0 saturated carbocycles. The zero-order valence-corrected chi connectivity index (χ0v) is 18.4. The van der Waals surface area contributed by atoms with Crippen molar-refractivity contribution in [3.05, 3.63) is 29.8 Å². The molecule has 0 aromatic heterocycles. The van der Waals surface area contributed by atoms with Crippen LogP contribution < -0.4 is 15.4 Å². The molecule has 0 aliphatic heterocycles. The zero-order chi connectivity index (χ0) is 22.9. The topological polar surface area (TPSA) is 158 Å². The number of alkyl carbamates (subject to hydrolysis) is 1. The number of amides is 1. The highest BCUT2D eigenvalue weighted by atomic mass is 32.2. The fourth-order valence-electron chi connectivity index (χ4n) is 2.42. The van der Waals surface area contributed by atoms with Gasteiger partial charge in [0.25, 0.3) is 10.0 Å². The highest BCUT2D eigenvalue weighted by Crippen LogP contribution is 2.10. The second kappa shape index (κ2) is 10.8. The first-order valence-electron chi connectivity index (χ1n) is 9.42. The van der Waals surface area contributed by atoms with Gasteiger partial charge >= 0.3 is 12.1 Å². The molecule has 1 amide bonds. The number of aryl methyl sites for hydroxylation is 1. The van der Waals surface area contributed by atoms with Crippen molar-refractivity contribution < 1.29 is 27.9 Å². The van der Waals surface area contributed by atoms with Crippen LogP contribution in [0.3, 0.4) is 0 Å². The lowest BCUT2D eigenvalue weighted by Crippen LogP contribution is -2.42. The number of carboxylic acid groups (broad SMARTS) is 1. The summed E-state index contributed by atoms with van der Waals surface area (Å²) in [6, 6.07) is 5.56. The van der Waals surface area contributed by atoms with E-state index in [1.807, 2.05) is 6.92 Å². The van der Waals surface area contributed by atoms with Gasteiger partial charge in [0.2, 0.25) is 5.96 Å². The van der Waals surface area contributed by atoms with Crippen LogP contribution >= 0.6 is 0 Å². The average Bonchev–Trinajstić information content (AvgIpc) is 2.56. The largest absolute Gasteiger partial charge is 0.481 e. The molecule has 10 nitrogen and oxygen atoms in total. The van der Waals surface area contributed by atoms with Crippen molar-refractivity contribution in [3.8, 4) is 0 Å². The molecule has 0 spiro atoms. The summed E-state index contributed by atoms with van der Waals surface area (Å²) in [4.78, 5) is 22.9. The number of benzene rings is 1. The highest BCUT2D eigenvalue weighted by molar-refractivity contribution is 7.90. The molecule has 1 atom stereocenters. The van der Waals surface area contributed by atoms with Crippen LogP contribution in [0.4, 0.5) is 4.79 Å². The Morgan fingerprint density at radius 1 is 1.20 bits per heavy atom. The van der Waals surface area contributed by atoms with Crippen LogP contribution in [0.2, 0.25) is 0 Å². The average molecular weight is 443 g/mol. The number of carbonyl (C=O) groups is 2. The van der Waals surface area contributed by atoms with Gasteiger partial charge < -0.3 is 20.5 Å². The van der Waals surface area contributed by atoms with Gasteiger partial charge in [0, 0.05) is 12.6 Å². The van der Waals surface area contributed by atoms with E-state index in [1.54, 1.807) is 32.9 Å². The van der Waals surface area contributed by atoms with Crippen molar-refractivity contribution in [2.75, 3.05) is 6.54 Å². The third-order valence-electron chi connectivity index (χ3n) is 3.74. The lowest BCUT2D eigenvalue weighted by atomic mass is 10.1. The Morgan fingerprint density at radius 3 is 2.33 bits per heavy atom. The van der Waals surface area contributed by atoms with E-state index in [-0.39, 0.29) is 17.9 Å². The van der Waals surface area contributed by atoms with E-state index >= 15 is 0 Å². The molecule has 0 unspecified atom stereocenters. The van der Waals surface area contributed by atoms with Crippen molar-refractivity contribution in [2.24, 2.45) is 0 Å². The van der Waals surface area contributed by atoms with Gasteiger partial charge in [0.1, 0.15) is 5.60 Å². The van der Waals surface area contributed by atoms with E-state index in [0.717, 1.165) is 5.56 Å². The summed E-state index contributed by atoms with van der Waals surface area (Å²) in [7, 11) is -3.87. The molecule has 0 fully saturated rings. The van der Waals surface area contributed by atoms with E-state index in [4.69, 9.17) is 15.3 Å². The minimum Gasteiger partial charge on any atom is -0.481 e. The first-order chi connectivity index (χ1) is 13.8. The summed E-state index contributed by atoms with van der Waals surface area (Å²) in [6.07, 6.45) is -0.296. The predicted molar refractivity (Wildman–Crippen MR) is 112 cm³/mol. The maximum Gasteiger partial charge on any atom is 0.407 e. The molecule has 30 heavy (non-hydrogen) atoms. The number of hydrogen-bond donors (Lipinski definition) is 5. The number of sulfonamides is 1. The number of ether oxygens (including phenoxy) is 1. The smallest absolute Gasteiger partial charge is 0.407 e. The molecule has 0 aliphatic rings. The van der Waals surface area contributed by atoms with Gasteiger partial charge in [-0.25, -0.2) is 17.9 Å². The second-order valence-electron chi connectivity index (χ2n) is 7.80. The summed E-state index contributed by atoms with van der Waals surface area (Å²) in [5.74, 6) is -1.46. The molecule has 0 radical (unpaired) electrons. The van der Waals surface area contributed by atoms with Crippen molar-refractivity contribution in [2.45, 2.75) is 63.5 Å². The maximum atomic E-state index is 12.2. The summed E-state index contributed by atoms with van der Waals surface area (Å²) in [5, 5.41) is 21.9. The van der Waals surface area contributed by atoms with Gasteiger partial charge in [-0.1, -0.05) is 17.7 Å². The van der Waals surface area contributed by atoms with Crippen LogP contribution in [0, 0.1) is 12.3 Å². The Bertz CT molecular complexity index is 847. The Labute approximate surface area is 177 Å². The Hall–Kier alpha value is -2.82. The van der Waals surface area contributed by atoms with Crippen LogP contribution in [-0.4, -0.2) is 49.7 Å². The summed E-state index contributed by atoms with van der Waals surface area (Å²) in [5.41, 5.74) is 0.210. The Morgan fingerprint density at radius 2 is 1.80 bits per heavy atom. The van der Waals surface area contributed by atoms with Crippen molar-refractivity contribution >= 4 is 28.0 Å². The quantitative estimate of drug-likeness (QED) is 0.222. The monoisotopic (exact) mass is 442 g/mol. The molecule has 0 saturated heterocycles. The molecule has 0 heterocycles. The minimum atomic E-state index is -3.87. The number of carboxylic acids is 1. The lowest BCUT2D eigenvalue weighted by Gasteiger charge is -2.23. The molecular weight excluding hydrogens is 412 g/mol. The van der Waals surface area contributed by atoms with Crippen molar-refractivity contribution in [1.29, 1.82) is 5.41 Å². The molecule has 0 aliphatic carbocycles. The first kappa shape index (κ1) is 25.2. The molecule has 0 bridgehead atoms. The van der Waals surface area contributed by atoms with Gasteiger partial charge in [-0.05, 0) is 52.7 Å². The number of rotatable bonds is 9. The van der Waals surface area contributed by atoms with Crippen LogP contribution in [0.5, 0.6) is 0 Å². The summed E-state index contributed by atoms with van der Waals surface area (Å²) < 4.78 is 31.7. The zero-order valence-electron chi connectivity index (χ0n) is 17.6. The van der Waals surface area contributed by atoms with Crippen molar-refractivity contribution in [1.82, 2.24) is 15.4 Å². The van der Waals surface area contributed by atoms with Crippen LogP contribution in [0.15, 0.2) is 29.2 Å². The third kappa shape index (κ3) is 10.1. The lowest BCUT2D eigenvalue weighted by molar-refractivity contribution is -0.137. The summed E-state index contributed by atoms with van der Waals surface area (Å²) >= 11 is 0. The molecule has 1 aromatic rings. The Kier molecular flexibility index (Phi) is 9.09. The van der Waals surface area contributed by atoms with Gasteiger partial charge in [0.15, 0.2) is 0 Å². The van der Waals surface area contributed by atoms with Crippen LogP contribution in [-0.2, 0) is 19.6 Å². The van der Waals surface area contributed by atoms with E-state index in [2.05, 4.69) is 15.4 Å². The number of aliphatic carboxylic acids is 1. The fraction of sp³-hybridized carbons (Fsp3) is 0.526. The van der Waals surface area contributed by atoms with E-state index < -0.39 is 39.7 Å². The number of hydrogen-bond acceptors (Lipinski definition) is 6. The molecule has 1 rings (SSSR count). The molecule has 168 valence electrons. The van der Waals surface area contributed by atoms with E-state index in [0.29, 0.717) is 12.8 Å². The maximum absolute atomic E-state index is 12.2. The van der Waals surface area contributed by atoms with E-state index in [9.17, 15) is 18.0 Å². The molecule has 5 N–H and O–H groups in total. The second-order valence-corrected chi connectivity index (χ2v) is 9.49. The van der Waals surface area contributed by atoms with Gasteiger partial charge in [0.05, 0.1) is 11.3 Å². The van der Waals surface area contributed by atoms with Crippen LogP contribution in [0.1, 0.15) is 45.6 Å². The number of nitrogens with one attached hydrogen (secondary N) is 4. The molecule has 11 heteroatoms. The summed E-state index contributed by atoms with van der Waals surface area (Å²) in [6.45, 7) is 7.15. The Balaban J connectivity index is 2.49. The van der Waals surface area contributed by atoms with Crippen molar-refractivity contribution in [3.63, 3.8) is 0 Å². The SMILES string of the molecule is Cc1ccc(S(=O)(=O)NC(=N)NCCC[C@@H](CC(=O)O)NC(=O)OC(C)(C)C)cc1. The van der Waals surface area contributed by atoms with Crippen LogP contribution in [0.25, 0.3) is 0 Å². The standard InChI is InChI=1S/C19H30N4O6S/c1-13-7-9-15(10-8-13)30(27,28)23-17(20)21-11-5-6-14(12-16(24)25)22-18(26)29-19(2,3)4/h7-10,14H,5-6,11-12H2,1-4H3,(H,22,26)(H,24,25)(H3,20,21,23)/t14-/m0/s1. The minimum absolute atomic E-state index is 0.0442. The normalized spacial score (nSPS) is 12.5. The number of guanidine groups is 1. The number of carbonyl (C=O) groups excluding carboxylic acids is 1. The highest BCUT2D eigenvalue weighted by Gasteiger charge is 2.21. The molecule has 1 aromatic carbocycles. The predicted octanol–water partition coefficient (Wildman–Crippen LogP) is 1.95. The van der Waals surface area contributed by atoms with Gasteiger partial charge in [-0.3, -0.25) is 10.2 Å². The van der Waals surface area contributed by atoms with Gasteiger partial charge in [-0.15, -0.1) is 0 Å². The first-order valence-corrected chi connectivity index (χ1v) is 10.9. The van der Waals surface area contributed by atoms with Gasteiger partial charge in [-0.2, -0.15) is 0 Å². The third-order valence-corrected chi connectivity index (χ3v) is 5.11. The fourth-order valence-corrected chi connectivity index (χ4v) is 3.37. The van der Waals surface area contributed by atoms with E-state index in [1.165, 1.54) is 12.1 Å². The molecular formula is C19H30N4O6S.